The first kappa shape index (κ1) is 20.2. The van der Waals surface area contributed by atoms with Crippen LogP contribution in [0.15, 0.2) is 24.3 Å². The average Bonchev–Trinajstić information content (AvgIpc) is 3.02. The molecule has 1 aliphatic heterocycles. The van der Waals surface area contributed by atoms with Crippen molar-refractivity contribution in [3.63, 3.8) is 0 Å². The largest absolute Gasteiger partial charge is 0.373 e. The molecule has 1 aliphatic rings. The van der Waals surface area contributed by atoms with E-state index in [0.717, 1.165) is 42.6 Å². The molecule has 0 saturated carbocycles. The third kappa shape index (κ3) is 4.30. The summed E-state index contributed by atoms with van der Waals surface area (Å²) in [6, 6.07) is 6.99. The van der Waals surface area contributed by atoms with Gasteiger partial charge in [0.15, 0.2) is 0 Å². The second-order valence-corrected chi connectivity index (χ2v) is 9.01. The van der Waals surface area contributed by atoms with Gasteiger partial charge in [-0.05, 0) is 38.3 Å². The Morgan fingerprint density at radius 1 is 1.25 bits per heavy atom. The summed E-state index contributed by atoms with van der Waals surface area (Å²) in [5.41, 5.74) is 2.40. The van der Waals surface area contributed by atoms with Crippen LogP contribution in [0, 0.1) is 6.92 Å². The second kappa shape index (κ2) is 7.83. The normalized spacial score (nSPS) is 17.4. The first-order chi connectivity index (χ1) is 13.2. The van der Waals surface area contributed by atoms with Crippen LogP contribution in [-0.4, -0.2) is 48.9 Å². The SMILES string of the molecule is CNc1cc([C@@H]2CCCCN2C(=O)c2cc(C)ccc2NS(C)(=O)=O)nn1C. The number of sulfonamides is 1. The number of hydrogen-bond acceptors (Lipinski definition) is 5. The van der Waals surface area contributed by atoms with Gasteiger partial charge < -0.3 is 10.2 Å². The lowest BCUT2D eigenvalue weighted by molar-refractivity contribution is 0.0606. The van der Waals surface area contributed by atoms with E-state index in [-0.39, 0.29) is 11.9 Å². The van der Waals surface area contributed by atoms with Crippen LogP contribution in [0.3, 0.4) is 0 Å². The third-order valence-corrected chi connectivity index (χ3v) is 5.55. The van der Waals surface area contributed by atoms with Gasteiger partial charge in [-0.25, -0.2) is 8.42 Å². The summed E-state index contributed by atoms with van der Waals surface area (Å²) in [5, 5.41) is 7.67. The summed E-state index contributed by atoms with van der Waals surface area (Å²) >= 11 is 0. The molecule has 9 heteroatoms. The van der Waals surface area contributed by atoms with Crippen molar-refractivity contribution in [2.24, 2.45) is 7.05 Å². The number of carbonyl (C=O) groups excluding carboxylic acids is 1. The van der Waals surface area contributed by atoms with Gasteiger partial charge in [-0.1, -0.05) is 11.6 Å². The smallest absolute Gasteiger partial charge is 0.256 e. The number of piperidine rings is 1. The summed E-state index contributed by atoms with van der Waals surface area (Å²) in [4.78, 5) is 15.3. The average molecular weight is 406 g/mol. The molecule has 28 heavy (non-hydrogen) atoms. The number of rotatable bonds is 5. The fraction of sp³-hybridized carbons (Fsp3) is 0.474. The number of aryl methyl sites for hydroxylation is 2. The Balaban J connectivity index is 1.98. The number of aromatic nitrogens is 2. The topological polar surface area (TPSA) is 96.3 Å². The van der Waals surface area contributed by atoms with Gasteiger partial charge in [0.25, 0.3) is 5.91 Å². The van der Waals surface area contributed by atoms with E-state index in [4.69, 9.17) is 0 Å². The lowest BCUT2D eigenvalue weighted by Gasteiger charge is -2.35. The summed E-state index contributed by atoms with van der Waals surface area (Å²) < 4.78 is 27.7. The molecular weight excluding hydrogens is 378 g/mol. The molecule has 1 saturated heterocycles. The molecule has 0 bridgehead atoms. The van der Waals surface area contributed by atoms with Gasteiger partial charge in [-0.3, -0.25) is 14.2 Å². The van der Waals surface area contributed by atoms with Crippen LogP contribution in [0.4, 0.5) is 11.5 Å². The molecule has 0 radical (unpaired) electrons. The molecule has 152 valence electrons. The molecule has 1 amide bonds. The number of benzene rings is 1. The van der Waals surface area contributed by atoms with Gasteiger partial charge in [0.1, 0.15) is 5.82 Å². The predicted octanol–water partition coefficient (Wildman–Crippen LogP) is 2.51. The Labute approximate surface area is 166 Å². The zero-order chi connectivity index (χ0) is 20.5. The van der Waals surface area contributed by atoms with Gasteiger partial charge in [0.2, 0.25) is 10.0 Å². The maximum atomic E-state index is 13.4. The summed E-state index contributed by atoms with van der Waals surface area (Å²) in [6.07, 6.45) is 3.83. The molecule has 0 aliphatic carbocycles. The maximum absolute atomic E-state index is 13.4. The molecule has 2 heterocycles. The number of nitrogens with one attached hydrogen (secondary N) is 2. The number of likely N-dealkylation sites (tertiary alicyclic amines) is 1. The Hall–Kier alpha value is -2.55. The van der Waals surface area contributed by atoms with Crippen molar-refractivity contribution in [2.75, 3.05) is 29.9 Å². The number of amides is 1. The van der Waals surface area contributed by atoms with Crippen molar-refractivity contribution in [3.05, 3.63) is 41.1 Å². The second-order valence-electron chi connectivity index (χ2n) is 7.26. The molecular formula is C19H27N5O3S. The van der Waals surface area contributed by atoms with Crippen molar-refractivity contribution in [1.82, 2.24) is 14.7 Å². The van der Waals surface area contributed by atoms with Crippen LogP contribution >= 0.6 is 0 Å². The Morgan fingerprint density at radius 3 is 2.64 bits per heavy atom. The van der Waals surface area contributed by atoms with E-state index in [1.54, 1.807) is 22.9 Å². The zero-order valence-electron chi connectivity index (χ0n) is 16.7. The van der Waals surface area contributed by atoms with Crippen molar-refractivity contribution >= 4 is 27.4 Å². The van der Waals surface area contributed by atoms with Crippen molar-refractivity contribution in [2.45, 2.75) is 32.2 Å². The van der Waals surface area contributed by atoms with Crippen molar-refractivity contribution in [3.8, 4) is 0 Å². The zero-order valence-corrected chi connectivity index (χ0v) is 17.5. The molecule has 1 aromatic carbocycles. The Kier molecular flexibility index (Phi) is 5.64. The number of nitrogens with zero attached hydrogens (tertiary/aromatic N) is 3. The Bertz CT molecular complexity index is 983. The number of carbonyl (C=O) groups is 1. The standard InChI is InChI=1S/C19H27N5O3S/c1-13-8-9-15(22-28(4,26)27)14(11-13)19(25)24-10-6-5-7-17(24)16-12-18(20-2)23(3)21-16/h8-9,11-12,17,20,22H,5-7,10H2,1-4H3/t17-/m0/s1. The predicted molar refractivity (Wildman–Crippen MR) is 110 cm³/mol. The molecule has 1 aromatic heterocycles. The highest BCUT2D eigenvalue weighted by Crippen LogP contribution is 2.34. The monoisotopic (exact) mass is 405 g/mol. The minimum absolute atomic E-state index is 0.138. The molecule has 3 rings (SSSR count). The van der Waals surface area contributed by atoms with Crippen LogP contribution in [0.25, 0.3) is 0 Å². The third-order valence-electron chi connectivity index (χ3n) is 4.96. The first-order valence-corrected chi connectivity index (χ1v) is 11.2. The maximum Gasteiger partial charge on any atom is 0.256 e. The van der Waals surface area contributed by atoms with Crippen LogP contribution in [0.5, 0.6) is 0 Å². The van der Waals surface area contributed by atoms with Gasteiger partial charge in [-0.2, -0.15) is 5.10 Å². The van der Waals surface area contributed by atoms with E-state index in [9.17, 15) is 13.2 Å². The van der Waals surface area contributed by atoms with E-state index >= 15 is 0 Å². The van der Waals surface area contributed by atoms with Gasteiger partial charge >= 0.3 is 0 Å². The van der Waals surface area contributed by atoms with Gasteiger partial charge in [-0.15, -0.1) is 0 Å². The van der Waals surface area contributed by atoms with Crippen molar-refractivity contribution < 1.29 is 13.2 Å². The quantitative estimate of drug-likeness (QED) is 0.797. The highest BCUT2D eigenvalue weighted by Gasteiger charge is 2.32. The Morgan fingerprint density at radius 2 is 2.00 bits per heavy atom. The minimum atomic E-state index is -3.49. The van der Waals surface area contributed by atoms with E-state index in [2.05, 4.69) is 15.1 Å². The molecule has 2 aromatic rings. The molecule has 2 N–H and O–H groups in total. The number of anilines is 2. The van der Waals surface area contributed by atoms with Crippen LogP contribution < -0.4 is 10.0 Å². The molecule has 0 unspecified atom stereocenters. The van der Waals surface area contributed by atoms with Gasteiger partial charge in [0, 0.05) is 26.7 Å². The van der Waals surface area contributed by atoms with Crippen LogP contribution in [0.1, 0.15) is 46.9 Å². The highest BCUT2D eigenvalue weighted by molar-refractivity contribution is 7.92. The lowest BCUT2D eigenvalue weighted by Crippen LogP contribution is -2.39. The van der Waals surface area contributed by atoms with Gasteiger partial charge in [0.05, 0.1) is 29.2 Å². The summed E-state index contributed by atoms with van der Waals surface area (Å²) in [7, 11) is 0.201. The first-order valence-electron chi connectivity index (χ1n) is 9.30. The molecule has 0 spiro atoms. The van der Waals surface area contributed by atoms with E-state index in [1.807, 2.05) is 32.0 Å². The molecule has 8 nitrogen and oxygen atoms in total. The highest BCUT2D eigenvalue weighted by atomic mass is 32.2. The molecule has 1 atom stereocenters. The fourth-order valence-corrected chi connectivity index (χ4v) is 4.22. The van der Waals surface area contributed by atoms with E-state index in [1.165, 1.54) is 0 Å². The fourth-order valence-electron chi connectivity index (χ4n) is 3.65. The minimum Gasteiger partial charge on any atom is -0.373 e. The molecule has 1 fully saturated rings. The lowest BCUT2D eigenvalue weighted by atomic mass is 9.97. The van der Waals surface area contributed by atoms with Crippen LogP contribution in [-0.2, 0) is 17.1 Å². The van der Waals surface area contributed by atoms with Crippen LogP contribution in [0.2, 0.25) is 0 Å². The summed E-state index contributed by atoms with van der Waals surface area (Å²) in [6.45, 7) is 2.49. The number of hydrogen-bond donors (Lipinski definition) is 2. The van der Waals surface area contributed by atoms with E-state index in [0.29, 0.717) is 17.8 Å². The van der Waals surface area contributed by atoms with E-state index < -0.39 is 10.0 Å². The summed E-state index contributed by atoms with van der Waals surface area (Å²) in [5.74, 6) is 0.694. The van der Waals surface area contributed by atoms with Crippen molar-refractivity contribution in [1.29, 1.82) is 0 Å².